The summed E-state index contributed by atoms with van der Waals surface area (Å²) in [6.45, 7) is 9.04. The number of nitrogens with one attached hydrogen (secondary N) is 1. The van der Waals surface area contributed by atoms with Crippen molar-refractivity contribution in [2.24, 2.45) is 0 Å². The molecule has 2 rings (SSSR count). The van der Waals surface area contributed by atoms with Gasteiger partial charge in [-0.3, -0.25) is 4.98 Å². The van der Waals surface area contributed by atoms with Crippen LogP contribution in [-0.4, -0.2) is 21.0 Å². The van der Waals surface area contributed by atoms with Crippen molar-refractivity contribution in [3.63, 3.8) is 0 Å². The highest BCUT2D eigenvalue weighted by Crippen LogP contribution is 2.19. The lowest BCUT2D eigenvalue weighted by Gasteiger charge is -2.10. The first kappa shape index (κ1) is 13.6. The Labute approximate surface area is 114 Å². The van der Waals surface area contributed by atoms with E-state index in [1.807, 2.05) is 32.2 Å². The summed E-state index contributed by atoms with van der Waals surface area (Å²) in [5.41, 5.74) is 4.15. The molecule has 0 atom stereocenters. The summed E-state index contributed by atoms with van der Waals surface area (Å²) in [4.78, 5) is 13.3. The van der Waals surface area contributed by atoms with Crippen molar-refractivity contribution in [3.05, 3.63) is 41.5 Å². The zero-order valence-electron chi connectivity index (χ0n) is 11.9. The molecular weight excluding hydrogens is 236 g/mol. The predicted molar refractivity (Wildman–Crippen MR) is 76.7 cm³/mol. The molecule has 1 N–H and O–H groups in total. The van der Waals surface area contributed by atoms with Gasteiger partial charge in [0.1, 0.15) is 0 Å². The van der Waals surface area contributed by atoms with Gasteiger partial charge in [-0.2, -0.15) is 0 Å². The van der Waals surface area contributed by atoms with Crippen molar-refractivity contribution in [2.75, 3.05) is 0 Å². The summed E-state index contributed by atoms with van der Waals surface area (Å²) >= 11 is 0. The van der Waals surface area contributed by atoms with Crippen LogP contribution in [0.4, 0.5) is 0 Å². The summed E-state index contributed by atoms with van der Waals surface area (Å²) < 4.78 is 0. The molecule has 0 unspecified atom stereocenters. The molecule has 0 fully saturated rings. The minimum atomic E-state index is 0.446. The summed E-state index contributed by atoms with van der Waals surface area (Å²) in [7, 11) is 0. The smallest absolute Gasteiger partial charge is 0.160 e. The molecule has 0 saturated heterocycles. The van der Waals surface area contributed by atoms with Crippen LogP contribution in [0.5, 0.6) is 0 Å². The van der Waals surface area contributed by atoms with Crippen molar-refractivity contribution < 1.29 is 0 Å². The fraction of sp³-hybridized carbons (Fsp3) is 0.400. The highest BCUT2D eigenvalue weighted by Gasteiger charge is 2.07. The highest BCUT2D eigenvalue weighted by molar-refractivity contribution is 5.58. The maximum absolute atomic E-state index is 4.64. The van der Waals surface area contributed by atoms with Crippen molar-refractivity contribution >= 4 is 0 Å². The van der Waals surface area contributed by atoms with Crippen LogP contribution in [-0.2, 0) is 6.54 Å². The topological polar surface area (TPSA) is 50.7 Å². The molecule has 0 aliphatic rings. The molecule has 4 heteroatoms. The van der Waals surface area contributed by atoms with E-state index in [-0.39, 0.29) is 0 Å². The largest absolute Gasteiger partial charge is 0.309 e. The molecule has 0 spiro atoms. The molecule has 0 aromatic carbocycles. The summed E-state index contributed by atoms with van der Waals surface area (Å²) in [6.07, 6.45) is 3.62. The first-order valence-electron chi connectivity index (χ1n) is 6.55. The Morgan fingerprint density at radius 1 is 1.21 bits per heavy atom. The molecule has 2 heterocycles. The van der Waals surface area contributed by atoms with E-state index in [1.54, 1.807) is 6.20 Å². The average molecular weight is 256 g/mol. The maximum Gasteiger partial charge on any atom is 0.160 e. The Kier molecular flexibility index (Phi) is 4.22. The van der Waals surface area contributed by atoms with Gasteiger partial charge in [-0.05, 0) is 31.5 Å². The van der Waals surface area contributed by atoms with E-state index < -0.39 is 0 Å². The fourth-order valence-electron chi connectivity index (χ4n) is 1.88. The summed E-state index contributed by atoms with van der Waals surface area (Å²) in [5.74, 6) is 0.778. The van der Waals surface area contributed by atoms with Gasteiger partial charge < -0.3 is 5.32 Å². The fourth-order valence-corrected chi connectivity index (χ4v) is 1.88. The Morgan fingerprint density at radius 3 is 2.68 bits per heavy atom. The van der Waals surface area contributed by atoms with Gasteiger partial charge in [0.25, 0.3) is 0 Å². The summed E-state index contributed by atoms with van der Waals surface area (Å²) in [5, 5.41) is 3.38. The van der Waals surface area contributed by atoms with Crippen molar-refractivity contribution in [2.45, 2.75) is 40.3 Å². The molecule has 2 aromatic heterocycles. The van der Waals surface area contributed by atoms with Crippen LogP contribution in [0.1, 0.15) is 30.8 Å². The van der Waals surface area contributed by atoms with Gasteiger partial charge in [-0.25, -0.2) is 9.97 Å². The molecule has 2 aromatic rings. The molecule has 0 amide bonds. The second kappa shape index (κ2) is 5.89. The normalized spacial score (nSPS) is 11.0. The van der Waals surface area contributed by atoms with E-state index in [0.29, 0.717) is 6.04 Å². The third-order valence-electron chi connectivity index (χ3n) is 2.86. The predicted octanol–water partition coefficient (Wildman–Crippen LogP) is 2.65. The first-order valence-corrected chi connectivity index (χ1v) is 6.55. The van der Waals surface area contributed by atoms with Crippen LogP contribution in [0.15, 0.2) is 24.5 Å². The van der Waals surface area contributed by atoms with E-state index >= 15 is 0 Å². The number of aryl methyl sites for hydroxylation is 2. The molecule has 0 aliphatic carbocycles. The second-order valence-electron chi connectivity index (χ2n) is 5.05. The zero-order valence-corrected chi connectivity index (χ0v) is 11.9. The molecule has 0 saturated carbocycles. The van der Waals surface area contributed by atoms with Crippen LogP contribution >= 0.6 is 0 Å². The Balaban J connectivity index is 2.34. The number of pyridine rings is 1. The van der Waals surface area contributed by atoms with Crippen LogP contribution in [0.3, 0.4) is 0 Å². The van der Waals surface area contributed by atoms with E-state index in [2.05, 4.69) is 34.1 Å². The molecular formula is C15H20N4. The quantitative estimate of drug-likeness (QED) is 0.913. The van der Waals surface area contributed by atoms with E-state index in [9.17, 15) is 0 Å². The van der Waals surface area contributed by atoms with Crippen LogP contribution in [0, 0.1) is 13.8 Å². The highest BCUT2D eigenvalue weighted by atomic mass is 15.0. The maximum atomic E-state index is 4.64. The van der Waals surface area contributed by atoms with E-state index in [0.717, 1.165) is 34.9 Å². The van der Waals surface area contributed by atoms with E-state index in [4.69, 9.17) is 0 Å². The average Bonchev–Trinajstić information content (AvgIpc) is 2.36. The number of hydrogen-bond donors (Lipinski definition) is 1. The zero-order chi connectivity index (χ0) is 13.8. The molecule has 100 valence electrons. The molecule has 0 bridgehead atoms. The van der Waals surface area contributed by atoms with Crippen LogP contribution < -0.4 is 5.32 Å². The standard InChI is InChI=1S/C15H20N4/c1-10(2)17-9-13-7-12(4)18-15(19-13)14-5-6-16-8-11(14)3/h5-8,10,17H,9H2,1-4H3. The van der Waals surface area contributed by atoms with Gasteiger partial charge in [-0.1, -0.05) is 13.8 Å². The second-order valence-corrected chi connectivity index (χ2v) is 5.05. The third-order valence-corrected chi connectivity index (χ3v) is 2.86. The van der Waals surface area contributed by atoms with Gasteiger partial charge in [-0.15, -0.1) is 0 Å². The van der Waals surface area contributed by atoms with Crippen molar-refractivity contribution in [3.8, 4) is 11.4 Å². The van der Waals surface area contributed by atoms with Gasteiger partial charge in [0, 0.05) is 36.2 Å². The van der Waals surface area contributed by atoms with Crippen molar-refractivity contribution in [1.82, 2.24) is 20.3 Å². The lowest BCUT2D eigenvalue weighted by atomic mass is 10.1. The van der Waals surface area contributed by atoms with Crippen LogP contribution in [0.2, 0.25) is 0 Å². The monoisotopic (exact) mass is 256 g/mol. The van der Waals surface area contributed by atoms with Crippen LogP contribution in [0.25, 0.3) is 11.4 Å². The van der Waals surface area contributed by atoms with Gasteiger partial charge in [0.15, 0.2) is 5.82 Å². The Morgan fingerprint density at radius 2 is 2.00 bits per heavy atom. The summed E-state index contributed by atoms with van der Waals surface area (Å²) in [6, 6.07) is 4.43. The van der Waals surface area contributed by atoms with Crippen molar-refractivity contribution in [1.29, 1.82) is 0 Å². The lowest BCUT2D eigenvalue weighted by molar-refractivity contribution is 0.580. The molecule has 0 aliphatic heterocycles. The SMILES string of the molecule is Cc1cc(CNC(C)C)nc(-c2ccncc2C)n1. The lowest BCUT2D eigenvalue weighted by Crippen LogP contribution is -2.22. The molecule has 19 heavy (non-hydrogen) atoms. The minimum Gasteiger partial charge on any atom is -0.309 e. The first-order chi connectivity index (χ1) is 9.06. The minimum absolute atomic E-state index is 0.446. The van der Waals surface area contributed by atoms with Gasteiger partial charge >= 0.3 is 0 Å². The van der Waals surface area contributed by atoms with Gasteiger partial charge in [0.2, 0.25) is 0 Å². The number of nitrogens with zero attached hydrogens (tertiary/aromatic N) is 3. The Hall–Kier alpha value is -1.81. The molecule has 4 nitrogen and oxygen atoms in total. The molecule has 0 radical (unpaired) electrons. The van der Waals surface area contributed by atoms with E-state index in [1.165, 1.54) is 0 Å². The Bertz CT molecular complexity index is 564. The number of hydrogen-bond acceptors (Lipinski definition) is 4. The van der Waals surface area contributed by atoms with Gasteiger partial charge in [0.05, 0.1) is 5.69 Å². The number of aromatic nitrogens is 3. The third kappa shape index (κ3) is 3.58. The number of rotatable bonds is 4.